The van der Waals surface area contributed by atoms with E-state index in [1.54, 1.807) is 44.2 Å². The van der Waals surface area contributed by atoms with Crippen molar-refractivity contribution in [2.45, 2.75) is 26.3 Å². The summed E-state index contributed by atoms with van der Waals surface area (Å²) in [5, 5.41) is 1.06. The van der Waals surface area contributed by atoms with Crippen LogP contribution < -0.4 is 5.43 Å². The largest absolute Gasteiger partial charge is 0.462 e. The Balaban J connectivity index is 2.17. The Morgan fingerprint density at radius 1 is 0.867 bits per heavy atom. The van der Waals surface area contributed by atoms with Crippen molar-refractivity contribution in [2.24, 2.45) is 0 Å². The van der Waals surface area contributed by atoms with Crippen LogP contribution in [0.15, 0.2) is 60.7 Å². The number of nitrogens with zero attached hydrogens (tertiary/aromatic N) is 1. The van der Waals surface area contributed by atoms with Gasteiger partial charge in [-0.1, -0.05) is 48.5 Å². The molecule has 160 valence electrons. The Morgan fingerprint density at radius 3 is 2.07 bits per heavy atom. The zero-order valence-corrected chi connectivity index (χ0v) is 17.1. The van der Waals surface area contributed by atoms with Gasteiger partial charge in [0.25, 0.3) is 0 Å². The van der Waals surface area contributed by atoms with E-state index in [1.165, 1.54) is 0 Å². The number of hydrazine groups is 1. The Kier molecular flexibility index (Phi) is 9.18. The fourth-order valence-electron chi connectivity index (χ4n) is 2.75. The van der Waals surface area contributed by atoms with Gasteiger partial charge in [0.1, 0.15) is 0 Å². The minimum absolute atomic E-state index is 0.0215. The first kappa shape index (κ1) is 22.7. The fourth-order valence-corrected chi connectivity index (χ4v) is 2.75. The van der Waals surface area contributed by atoms with E-state index in [2.05, 4.69) is 5.43 Å². The van der Waals surface area contributed by atoms with Crippen LogP contribution in [-0.4, -0.2) is 43.0 Å². The maximum Gasteiger partial charge on any atom is 0.429 e. The van der Waals surface area contributed by atoms with E-state index in [9.17, 15) is 14.4 Å². The molecule has 8 nitrogen and oxygen atoms in total. The summed E-state index contributed by atoms with van der Waals surface area (Å²) in [7, 11) is 0. The van der Waals surface area contributed by atoms with Crippen LogP contribution in [-0.2, 0) is 14.2 Å². The molecule has 0 heterocycles. The van der Waals surface area contributed by atoms with Gasteiger partial charge < -0.3 is 14.2 Å². The van der Waals surface area contributed by atoms with Crippen LogP contribution in [0.4, 0.5) is 9.59 Å². The molecular formula is C22H26N2O6. The van der Waals surface area contributed by atoms with Crippen LogP contribution in [0, 0.1) is 0 Å². The number of rotatable bonds is 8. The third-order valence-electron chi connectivity index (χ3n) is 4.08. The molecule has 0 saturated carbocycles. The molecule has 0 fully saturated rings. The molecule has 30 heavy (non-hydrogen) atoms. The van der Waals surface area contributed by atoms with Crippen molar-refractivity contribution in [3.63, 3.8) is 0 Å². The predicted octanol–water partition coefficient (Wildman–Crippen LogP) is 4.09. The van der Waals surface area contributed by atoms with Crippen molar-refractivity contribution in [3.05, 3.63) is 71.8 Å². The summed E-state index contributed by atoms with van der Waals surface area (Å²) in [6.07, 6.45) is -1.30. The van der Waals surface area contributed by atoms with E-state index in [4.69, 9.17) is 14.2 Å². The smallest absolute Gasteiger partial charge is 0.429 e. The van der Waals surface area contributed by atoms with Gasteiger partial charge in [0, 0.05) is 6.42 Å². The summed E-state index contributed by atoms with van der Waals surface area (Å²) in [6, 6.07) is 17.0. The van der Waals surface area contributed by atoms with Crippen molar-refractivity contribution in [1.29, 1.82) is 0 Å². The Morgan fingerprint density at radius 2 is 1.47 bits per heavy atom. The minimum Gasteiger partial charge on any atom is -0.462 e. The van der Waals surface area contributed by atoms with Gasteiger partial charge >= 0.3 is 18.2 Å². The molecule has 2 aromatic carbocycles. The third-order valence-corrected chi connectivity index (χ3v) is 4.08. The molecule has 2 amide bonds. The second-order valence-corrected chi connectivity index (χ2v) is 6.12. The van der Waals surface area contributed by atoms with Crippen LogP contribution >= 0.6 is 0 Å². The highest BCUT2D eigenvalue weighted by molar-refractivity contribution is 5.89. The first-order valence-electron chi connectivity index (χ1n) is 9.73. The minimum atomic E-state index is -0.784. The second kappa shape index (κ2) is 12.1. The fraction of sp³-hybridized carbons (Fsp3) is 0.318. The average molecular weight is 414 g/mol. The second-order valence-electron chi connectivity index (χ2n) is 6.12. The lowest BCUT2D eigenvalue weighted by atomic mass is 10.0. The molecule has 0 radical (unpaired) electrons. The average Bonchev–Trinajstić information content (AvgIpc) is 2.77. The summed E-state index contributed by atoms with van der Waals surface area (Å²) in [5.41, 5.74) is 3.59. The number of esters is 1. The normalized spacial score (nSPS) is 11.1. The van der Waals surface area contributed by atoms with Crippen molar-refractivity contribution < 1.29 is 28.6 Å². The molecule has 0 aliphatic carbocycles. The number of carbonyl (C=O) groups excluding carboxylic acids is 3. The van der Waals surface area contributed by atoms with Crippen molar-refractivity contribution in [3.8, 4) is 0 Å². The highest BCUT2D eigenvalue weighted by Gasteiger charge is 2.29. The van der Waals surface area contributed by atoms with Crippen molar-refractivity contribution in [1.82, 2.24) is 10.4 Å². The molecule has 2 rings (SSSR count). The molecule has 0 aliphatic heterocycles. The Hall–Kier alpha value is -3.55. The zero-order valence-electron chi connectivity index (χ0n) is 17.1. The number of benzene rings is 2. The molecular weight excluding hydrogens is 388 g/mol. The van der Waals surface area contributed by atoms with Crippen LogP contribution in [0.1, 0.15) is 42.2 Å². The number of hydrogen-bond acceptors (Lipinski definition) is 6. The highest BCUT2D eigenvalue weighted by Crippen LogP contribution is 2.24. The number of hydrogen-bond donors (Lipinski definition) is 1. The van der Waals surface area contributed by atoms with E-state index in [0.717, 1.165) is 10.6 Å². The van der Waals surface area contributed by atoms with Crippen LogP contribution in [0.2, 0.25) is 0 Å². The quantitative estimate of drug-likeness (QED) is 0.397. The lowest BCUT2D eigenvalue weighted by molar-refractivity contribution is 0.0348. The van der Waals surface area contributed by atoms with E-state index >= 15 is 0 Å². The van der Waals surface area contributed by atoms with Crippen molar-refractivity contribution >= 4 is 18.2 Å². The molecule has 0 aliphatic rings. The Labute approximate surface area is 175 Å². The summed E-state index contributed by atoms with van der Waals surface area (Å²) >= 11 is 0. The number of carbonyl (C=O) groups is 3. The number of amides is 2. The van der Waals surface area contributed by atoms with E-state index in [1.807, 2.05) is 30.3 Å². The standard InChI is InChI=1S/C22H26N2O6/c1-3-28-21(26)23-24(22(27)29-4-2)19(17-11-7-5-8-12-17)15-16-30-20(25)18-13-9-6-10-14-18/h5-14,19H,3-4,15-16H2,1-2H3,(H,23,26). The van der Waals surface area contributed by atoms with Gasteiger partial charge in [0.05, 0.1) is 31.4 Å². The van der Waals surface area contributed by atoms with Crippen LogP contribution in [0.3, 0.4) is 0 Å². The first-order valence-corrected chi connectivity index (χ1v) is 9.73. The number of ether oxygens (including phenoxy) is 3. The lowest BCUT2D eigenvalue weighted by Gasteiger charge is -2.30. The van der Waals surface area contributed by atoms with Gasteiger partial charge in [-0.25, -0.2) is 24.8 Å². The molecule has 2 aromatic rings. The maximum absolute atomic E-state index is 12.5. The van der Waals surface area contributed by atoms with E-state index < -0.39 is 24.2 Å². The van der Waals surface area contributed by atoms with E-state index in [-0.39, 0.29) is 26.2 Å². The molecule has 0 bridgehead atoms. The van der Waals surface area contributed by atoms with Crippen LogP contribution in [0.25, 0.3) is 0 Å². The third kappa shape index (κ3) is 6.80. The van der Waals surface area contributed by atoms with Gasteiger partial charge in [-0.2, -0.15) is 0 Å². The molecule has 0 saturated heterocycles. The molecule has 0 aromatic heterocycles. The lowest BCUT2D eigenvalue weighted by Crippen LogP contribution is -2.49. The predicted molar refractivity (Wildman–Crippen MR) is 110 cm³/mol. The molecule has 1 unspecified atom stereocenters. The van der Waals surface area contributed by atoms with Gasteiger partial charge in [0.2, 0.25) is 0 Å². The molecule has 0 spiro atoms. The summed E-state index contributed by atoms with van der Waals surface area (Å²) in [6.45, 7) is 3.62. The molecule has 1 N–H and O–H groups in total. The monoisotopic (exact) mass is 414 g/mol. The Bertz CT molecular complexity index is 813. The first-order chi connectivity index (χ1) is 14.6. The highest BCUT2D eigenvalue weighted by atomic mass is 16.6. The van der Waals surface area contributed by atoms with Crippen LogP contribution in [0.5, 0.6) is 0 Å². The van der Waals surface area contributed by atoms with Gasteiger partial charge in [0.15, 0.2) is 0 Å². The summed E-state index contributed by atoms with van der Waals surface area (Å²) in [5.74, 6) is -0.469. The topological polar surface area (TPSA) is 94.2 Å². The number of nitrogens with one attached hydrogen (secondary N) is 1. The van der Waals surface area contributed by atoms with Crippen molar-refractivity contribution in [2.75, 3.05) is 19.8 Å². The summed E-state index contributed by atoms with van der Waals surface area (Å²) < 4.78 is 15.4. The molecule has 8 heteroatoms. The van der Waals surface area contributed by atoms with E-state index in [0.29, 0.717) is 5.56 Å². The van der Waals surface area contributed by atoms with Gasteiger partial charge in [-0.05, 0) is 31.5 Å². The van der Waals surface area contributed by atoms with Gasteiger partial charge in [-0.15, -0.1) is 0 Å². The molecule has 1 atom stereocenters. The van der Waals surface area contributed by atoms with Gasteiger partial charge in [-0.3, -0.25) is 0 Å². The summed E-state index contributed by atoms with van der Waals surface area (Å²) in [4.78, 5) is 36.8. The SMILES string of the molecule is CCOC(=O)NN(C(=O)OCC)C(CCOC(=O)c1ccccc1)c1ccccc1. The maximum atomic E-state index is 12.5. The zero-order chi connectivity index (χ0) is 21.8.